The van der Waals surface area contributed by atoms with Crippen LogP contribution in [0.15, 0.2) is 65.6 Å². The average molecular weight is 636 g/mol. The summed E-state index contributed by atoms with van der Waals surface area (Å²) >= 11 is 7.78. The van der Waals surface area contributed by atoms with Crippen LogP contribution in [0.3, 0.4) is 0 Å². The van der Waals surface area contributed by atoms with Crippen molar-refractivity contribution in [1.29, 1.82) is 0 Å². The van der Waals surface area contributed by atoms with E-state index in [2.05, 4.69) is 4.90 Å². The molecule has 0 saturated heterocycles. The number of ether oxygens (including phenoxy) is 1. The fourth-order valence-corrected chi connectivity index (χ4v) is 7.67. The topological polar surface area (TPSA) is 83.0 Å². The number of nitrogens with zero attached hydrogens (tertiary/aromatic N) is 4. The first-order chi connectivity index (χ1) is 19.2. The number of rotatable bonds is 9. The van der Waals surface area contributed by atoms with Crippen molar-refractivity contribution in [2.45, 2.75) is 24.2 Å². The lowest BCUT2D eigenvalue weighted by Crippen LogP contribution is -2.35. The zero-order chi connectivity index (χ0) is 28.4. The highest BCUT2D eigenvalue weighted by atomic mass is 35.5. The van der Waals surface area contributed by atoms with Crippen molar-refractivity contribution >= 4 is 72.3 Å². The van der Waals surface area contributed by atoms with Crippen LogP contribution in [0, 0.1) is 0 Å². The van der Waals surface area contributed by atoms with Gasteiger partial charge in [-0.05, 0) is 87.9 Å². The van der Waals surface area contributed by atoms with E-state index in [-0.39, 0.29) is 23.2 Å². The predicted molar refractivity (Wildman–Crippen MR) is 169 cm³/mol. The Morgan fingerprint density at radius 2 is 1.80 bits per heavy atom. The van der Waals surface area contributed by atoms with Crippen LogP contribution in [0.1, 0.15) is 28.8 Å². The summed E-state index contributed by atoms with van der Waals surface area (Å²) in [7, 11) is 1.75. The largest absolute Gasteiger partial charge is 0.494 e. The molecule has 1 aliphatic rings. The van der Waals surface area contributed by atoms with Crippen molar-refractivity contribution in [2.75, 3.05) is 50.0 Å². The molecule has 1 amide bonds. The van der Waals surface area contributed by atoms with Gasteiger partial charge in [-0.3, -0.25) is 14.0 Å². The molecular formula is C29H32Cl2N4O4S2. The van der Waals surface area contributed by atoms with E-state index in [1.807, 2.05) is 38.4 Å². The Balaban J connectivity index is 0.00000387. The SMILES string of the molecule is COc1ccc(Cl)c2sc(N(CCCN(C)C)C(=O)c3ccc(S(=O)(=O)N4CCCc5ccccc54)cc3)nc12.Cl. The van der Waals surface area contributed by atoms with Gasteiger partial charge < -0.3 is 9.64 Å². The number of anilines is 2. The number of carbonyl (C=O) groups excluding carboxylic acids is 1. The second-order valence-electron chi connectivity index (χ2n) is 9.87. The molecule has 218 valence electrons. The molecule has 4 aromatic rings. The third-order valence-electron chi connectivity index (χ3n) is 6.89. The minimum atomic E-state index is -3.78. The van der Waals surface area contributed by atoms with Gasteiger partial charge in [-0.25, -0.2) is 13.4 Å². The van der Waals surface area contributed by atoms with Gasteiger partial charge in [0, 0.05) is 18.7 Å². The van der Waals surface area contributed by atoms with Gasteiger partial charge in [0.2, 0.25) is 0 Å². The van der Waals surface area contributed by atoms with E-state index in [0.717, 1.165) is 36.1 Å². The normalized spacial score (nSPS) is 13.1. The number of carbonyl (C=O) groups is 1. The van der Waals surface area contributed by atoms with Gasteiger partial charge >= 0.3 is 0 Å². The van der Waals surface area contributed by atoms with Gasteiger partial charge in [0.1, 0.15) is 11.3 Å². The summed E-state index contributed by atoms with van der Waals surface area (Å²) in [6, 6.07) is 17.3. The molecule has 0 radical (unpaired) electrons. The van der Waals surface area contributed by atoms with Crippen LogP contribution < -0.4 is 13.9 Å². The predicted octanol–water partition coefficient (Wildman–Crippen LogP) is 6.12. The third kappa shape index (κ3) is 6.32. The summed E-state index contributed by atoms with van der Waals surface area (Å²) in [6.45, 7) is 1.64. The van der Waals surface area contributed by atoms with Gasteiger partial charge in [-0.1, -0.05) is 41.1 Å². The summed E-state index contributed by atoms with van der Waals surface area (Å²) in [4.78, 5) is 22.4. The van der Waals surface area contributed by atoms with E-state index in [4.69, 9.17) is 21.3 Å². The van der Waals surface area contributed by atoms with Gasteiger partial charge in [-0.15, -0.1) is 12.4 Å². The number of para-hydroxylation sites is 1. The maximum absolute atomic E-state index is 13.8. The highest BCUT2D eigenvalue weighted by Crippen LogP contribution is 2.39. The van der Waals surface area contributed by atoms with Crippen molar-refractivity contribution in [2.24, 2.45) is 0 Å². The molecule has 0 bridgehead atoms. The summed E-state index contributed by atoms with van der Waals surface area (Å²) in [5.74, 6) is 0.316. The number of halogens is 2. The lowest BCUT2D eigenvalue weighted by Gasteiger charge is -2.30. The third-order valence-corrected chi connectivity index (χ3v) is 10.3. The molecule has 1 aliphatic heterocycles. The Kier molecular flexibility index (Phi) is 9.81. The number of aromatic nitrogens is 1. The number of fused-ring (bicyclic) bond motifs is 2. The highest BCUT2D eigenvalue weighted by molar-refractivity contribution is 7.92. The number of benzene rings is 3. The Morgan fingerprint density at radius 1 is 1.07 bits per heavy atom. The van der Waals surface area contributed by atoms with E-state index in [1.54, 1.807) is 36.3 Å². The van der Waals surface area contributed by atoms with Crippen LogP contribution in [0.25, 0.3) is 10.2 Å². The fourth-order valence-electron chi connectivity index (χ4n) is 4.85. The molecule has 0 N–H and O–H groups in total. The Hall–Kier alpha value is -2.89. The second-order valence-corrected chi connectivity index (χ2v) is 13.1. The quantitative estimate of drug-likeness (QED) is 0.221. The van der Waals surface area contributed by atoms with E-state index >= 15 is 0 Å². The first kappa shape index (κ1) is 31.1. The van der Waals surface area contributed by atoms with Crippen LogP contribution >= 0.6 is 35.3 Å². The molecule has 0 fully saturated rings. The zero-order valence-corrected chi connectivity index (χ0v) is 26.2. The molecule has 12 heteroatoms. The van der Waals surface area contributed by atoms with Crippen LogP contribution in [-0.4, -0.2) is 65.0 Å². The first-order valence-electron chi connectivity index (χ1n) is 13.0. The molecule has 0 atom stereocenters. The molecule has 0 spiro atoms. The van der Waals surface area contributed by atoms with E-state index < -0.39 is 10.0 Å². The number of methoxy groups -OCH3 is 1. The first-order valence-corrected chi connectivity index (χ1v) is 15.6. The molecule has 41 heavy (non-hydrogen) atoms. The number of aryl methyl sites for hydroxylation is 1. The monoisotopic (exact) mass is 634 g/mol. The van der Waals surface area contributed by atoms with Crippen molar-refractivity contribution < 1.29 is 17.9 Å². The van der Waals surface area contributed by atoms with Gasteiger partial charge in [0.25, 0.3) is 15.9 Å². The van der Waals surface area contributed by atoms with E-state index in [0.29, 0.717) is 45.8 Å². The van der Waals surface area contributed by atoms with Crippen LogP contribution in [0.2, 0.25) is 5.02 Å². The Bertz CT molecular complexity index is 1640. The van der Waals surface area contributed by atoms with Crippen molar-refractivity contribution in [3.63, 3.8) is 0 Å². The molecule has 5 rings (SSSR count). The molecule has 8 nitrogen and oxygen atoms in total. The number of sulfonamides is 1. The van der Waals surface area contributed by atoms with Crippen LogP contribution in [0.5, 0.6) is 5.75 Å². The fraction of sp³-hybridized carbons (Fsp3) is 0.310. The number of amides is 1. The highest BCUT2D eigenvalue weighted by Gasteiger charge is 2.30. The average Bonchev–Trinajstić information content (AvgIpc) is 3.41. The van der Waals surface area contributed by atoms with Crippen LogP contribution in [0.4, 0.5) is 10.8 Å². The van der Waals surface area contributed by atoms with Gasteiger partial charge in [0.05, 0.1) is 27.4 Å². The summed E-state index contributed by atoms with van der Waals surface area (Å²) < 4.78 is 34.8. The Labute approximate surface area is 256 Å². The number of thiazole rings is 1. The lowest BCUT2D eigenvalue weighted by molar-refractivity contribution is 0.0986. The number of hydrogen-bond acceptors (Lipinski definition) is 7. The molecule has 1 aromatic heterocycles. The summed E-state index contributed by atoms with van der Waals surface area (Å²) in [6.07, 6.45) is 2.33. The molecule has 3 aromatic carbocycles. The Morgan fingerprint density at radius 3 is 2.51 bits per heavy atom. The second kappa shape index (κ2) is 13.0. The molecule has 0 saturated carbocycles. The van der Waals surface area contributed by atoms with Gasteiger partial charge in [-0.2, -0.15) is 0 Å². The molecule has 2 heterocycles. The molecule has 0 aliphatic carbocycles. The maximum atomic E-state index is 13.8. The number of hydrogen-bond donors (Lipinski definition) is 0. The van der Waals surface area contributed by atoms with Crippen LogP contribution in [-0.2, 0) is 16.4 Å². The van der Waals surface area contributed by atoms with Crippen molar-refractivity contribution in [3.05, 3.63) is 76.8 Å². The van der Waals surface area contributed by atoms with E-state index in [1.165, 1.54) is 27.8 Å². The summed E-state index contributed by atoms with van der Waals surface area (Å²) in [5, 5.41) is 1.04. The zero-order valence-electron chi connectivity index (χ0n) is 23.0. The minimum Gasteiger partial charge on any atom is -0.494 e. The maximum Gasteiger partial charge on any atom is 0.264 e. The molecular weight excluding hydrogens is 603 g/mol. The van der Waals surface area contributed by atoms with Crippen molar-refractivity contribution in [3.8, 4) is 5.75 Å². The minimum absolute atomic E-state index is 0. The smallest absolute Gasteiger partial charge is 0.264 e. The lowest BCUT2D eigenvalue weighted by atomic mass is 10.0. The van der Waals surface area contributed by atoms with E-state index in [9.17, 15) is 13.2 Å². The molecule has 0 unspecified atom stereocenters. The standard InChI is InChI=1S/C29H31ClN4O4S2.ClH/c1-32(2)17-7-18-33(29-31-26-25(38-3)16-15-23(30)27(26)39-29)28(35)21-11-13-22(14-12-21)40(36,37)34-19-6-9-20-8-4-5-10-24(20)34;/h4-5,8,10-16H,6-7,9,17-19H2,1-3H3;1H. The summed E-state index contributed by atoms with van der Waals surface area (Å²) in [5.41, 5.74) is 2.71. The van der Waals surface area contributed by atoms with Gasteiger partial charge in [0.15, 0.2) is 5.13 Å². The van der Waals surface area contributed by atoms with Crippen molar-refractivity contribution in [1.82, 2.24) is 9.88 Å².